The van der Waals surface area contributed by atoms with E-state index in [9.17, 15) is 13.6 Å². The van der Waals surface area contributed by atoms with E-state index >= 15 is 0 Å². The number of amides is 1. The molecule has 8 heteroatoms. The number of carbonyl (C=O) groups excluding carboxylic acids is 1. The first kappa shape index (κ1) is 20.1. The van der Waals surface area contributed by atoms with Crippen LogP contribution >= 0.6 is 0 Å². The highest BCUT2D eigenvalue weighted by Crippen LogP contribution is 2.17. The number of hydrogen-bond acceptors (Lipinski definition) is 5. The van der Waals surface area contributed by atoms with Crippen molar-refractivity contribution in [1.29, 1.82) is 0 Å². The van der Waals surface area contributed by atoms with Crippen molar-refractivity contribution in [2.24, 2.45) is 0 Å². The summed E-state index contributed by atoms with van der Waals surface area (Å²) in [4.78, 5) is 16.3. The maximum Gasteiger partial charge on any atom is 0.255 e. The molecule has 0 aliphatic heterocycles. The fourth-order valence-electron chi connectivity index (χ4n) is 2.43. The number of ether oxygens (including phenoxy) is 2. The summed E-state index contributed by atoms with van der Waals surface area (Å²) in [6, 6.07) is 13.6. The maximum atomic E-state index is 13.2. The highest BCUT2D eigenvalue weighted by molar-refractivity contribution is 6.04. The normalized spacial score (nSPS) is 10.3. The molecule has 0 fully saturated rings. The average Bonchev–Trinajstić information content (AvgIpc) is 2.74. The molecule has 0 unspecified atom stereocenters. The third-order valence-corrected chi connectivity index (χ3v) is 3.94. The number of nitrogens with one attached hydrogen (secondary N) is 2. The number of halogens is 2. The van der Waals surface area contributed by atoms with E-state index < -0.39 is 17.5 Å². The molecule has 0 radical (unpaired) electrons. The van der Waals surface area contributed by atoms with Crippen molar-refractivity contribution in [1.82, 2.24) is 4.98 Å². The second kappa shape index (κ2) is 9.50. The van der Waals surface area contributed by atoms with Crippen molar-refractivity contribution in [3.63, 3.8) is 0 Å². The number of aromatic nitrogens is 1. The Balaban J connectivity index is 1.45. The lowest BCUT2D eigenvalue weighted by atomic mass is 10.2. The number of nitrogens with zero attached hydrogens (tertiary/aromatic N) is 1. The summed E-state index contributed by atoms with van der Waals surface area (Å²) < 4.78 is 36.9. The van der Waals surface area contributed by atoms with E-state index in [1.165, 1.54) is 12.3 Å². The molecule has 0 saturated heterocycles. The van der Waals surface area contributed by atoms with Gasteiger partial charge in [0.1, 0.15) is 23.9 Å². The molecule has 3 rings (SSSR count). The monoisotopic (exact) mass is 399 g/mol. The predicted octanol–water partition coefficient (Wildman–Crippen LogP) is 4.11. The summed E-state index contributed by atoms with van der Waals surface area (Å²) in [5.74, 6) is -0.539. The Kier molecular flexibility index (Phi) is 6.57. The molecular weight excluding hydrogens is 380 g/mol. The molecule has 6 nitrogen and oxygen atoms in total. The first-order chi connectivity index (χ1) is 14.0. The SMILES string of the molecule is COc1ccc(OCCNc2ccc(NC(=O)c3ccc(F)c(F)c3)cn2)cc1. The summed E-state index contributed by atoms with van der Waals surface area (Å²) in [7, 11) is 1.60. The molecule has 0 aliphatic rings. The topological polar surface area (TPSA) is 72.5 Å². The minimum atomic E-state index is -1.08. The molecule has 3 aromatic rings. The largest absolute Gasteiger partial charge is 0.497 e. The van der Waals surface area contributed by atoms with Crippen LogP contribution in [-0.4, -0.2) is 31.2 Å². The van der Waals surface area contributed by atoms with Gasteiger partial charge in [-0.05, 0) is 54.6 Å². The molecule has 0 atom stereocenters. The Bertz CT molecular complexity index is 964. The van der Waals surface area contributed by atoms with Gasteiger partial charge in [-0.2, -0.15) is 0 Å². The Labute approximate surface area is 166 Å². The van der Waals surface area contributed by atoms with E-state index in [1.807, 2.05) is 24.3 Å². The van der Waals surface area contributed by atoms with Crippen molar-refractivity contribution in [3.8, 4) is 11.5 Å². The number of benzene rings is 2. The zero-order valence-electron chi connectivity index (χ0n) is 15.6. The second-order valence-electron chi connectivity index (χ2n) is 5.97. The summed E-state index contributed by atoms with van der Waals surface area (Å²) in [6.45, 7) is 0.961. The van der Waals surface area contributed by atoms with E-state index in [0.717, 1.165) is 23.6 Å². The fraction of sp³-hybridized carbons (Fsp3) is 0.143. The fourth-order valence-corrected chi connectivity index (χ4v) is 2.43. The molecule has 2 aromatic carbocycles. The number of methoxy groups -OCH3 is 1. The van der Waals surface area contributed by atoms with E-state index in [-0.39, 0.29) is 5.56 Å². The molecule has 0 spiro atoms. The van der Waals surface area contributed by atoms with Gasteiger partial charge in [-0.15, -0.1) is 0 Å². The van der Waals surface area contributed by atoms with E-state index in [1.54, 1.807) is 19.2 Å². The highest BCUT2D eigenvalue weighted by Gasteiger charge is 2.10. The third-order valence-electron chi connectivity index (χ3n) is 3.94. The standard InChI is InChI=1S/C21H19F2N3O3/c1-28-16-4-6-17(7-5-16)29-11-10-24-20-9-3-15(13-25-20)26-21(27)14-2-8-18(22)19(23)12-14/h2-9,12-13H,10-11H2,1H3,(H,24,25)(H,26,27). The van der Waals surface area contributed by atoms with Gasteiger partial charge in [0.05, 0.1) is 25.5 Å². The van der Waals surface area contributed by atoms with Gasteiger partial charge < -0.3 is 20.1 Å². The van der Waals surface area contributed by atoms with E-state index in [2.05, 4.69) is 15.6 Å². The Hall–Kier alpha value is -3.68. The van der Waals surface area contributed by atoms with Crippen LogP contribution in [0, 0.1) is 11.6 Å². The minimum absolute atomic E-state index is 0.0155. The van der Waals surface area contributed by atoms with Gasteiger partial charge >= 0.3 is 0 Å². The first-order valence-corrected chi connectivity index (χ1v) is 8.78. The number of rotatable bonds is 8. The zero-order chi connectivity index (χ0) is 20.6. The van der Waals surface area contributed by atoms with Crippen LogP contribution in [0.15, 0.2) is 60.8 Å². The zero-order valence-corrected chi connectivity index (χ0v) is 15.6. The Morgan fingerprint density at radius 2 is 1.76 bits per heavy atom. The molecule has 1 heterocycles. The summed E-state index contributed by atoms with van der Waals surface area (Å²) >= 11 is 0. The van der Waals surface area contributed by atoms with E-state index in [4.69, 9.17) is 9.47 Å². The van der Waals surface area contributed by atoms with Crippen LogP contribution in [0.3, 0.4) is 0 Å². The Morgan fingerprint density at radius 3 is 2.41 bits per heavy atom. The summed E-state index contributed by atoms with van der Waals surface area (Å²) in [5.41, 5.74) is 0.446. The number of anilines is 2. The number of pyridine rings is 1. The lowest BCUT2D eigenvalue weighted by Crippen LogP contribution is -2.14. The smallest absolute Gasteiger partial charge is 0.255 e. The van der Waals surface area contributed by atoms with E-state index in [0.29, 0.717) is 24.7 Å². The lowest BCUT2D eigenvalue weighted by Gasteiger charge is -2.10. The number of hydrogen-bond donors (Lipinski definition) is 2. The molecule has 0 bridgehead atoms. The van der Waals surface area contributed by atoms with Crippen molar-refractivity contribution >= 4 is 17.4 Å². The quantitative estimate of drug-likeness (QED) is 0.558. The maximum absolute atomic E-state index is 13.2. The van der Waals surface area contributed by atoms with Crippen molar-refractivity contribution in [3.05, 3.63) is 78.0 Å². The lowest BCUT2D eigenvalue weighted by molar-refractivity contribution is 0.102. The first-order valence-electron chi connectivity index (χ1n) is 8.78. The van der Waals surface area contributed by atoms with Crippen LogP contribution in [-0.2, 0) is 0 Å². The molecule has 1 aromatic heterocycles. The minimum Gasteiger partial charge on any atom is -0.497 e. The molecule has 29 heavy (non-hydrogen) atoms. The van der Waals surface area contributed by atoms with Gasteiger partial charge in [0.2, 0.25) is 0 Å². The van der Waals surface area contributed by atoms with Crippen molar-refractivity contribution in [2.45, 2.75) is 0 Å². The van der Waals surface area contributed by atoms with Gasteiger partial charge in [-0.3, -0.25) is 4.79 Å². The van der Waals surface area contributed by atoms with Crippen LogP contribution in [0.5, 0.6) is 11.5 Å². The molecule has 1 amide bonds. The van der Waals surface area contributed by atoms with Crippen LogP contribution < -0.4 is 20.1 Å². The van der Waals surface area contributed by atoms with Crippen LogP contribution in [0.4, 0.5) is 20.3 Å². The van der Waals surface area contributed by atoms with Crippen LogP contribution in [0.25, 0.3) is 0 Å². The second-order valence-corrected chi connectivity index (χ2v) is 5.97. The molecule has 0 saturated carbocycles. The molecular formula is C21H19F2N3O3. The molecule has 0 aliphatic carbocycles. The molecule has 2 N–H and O–H groups in total. The Morgan fingerprint density at radius 1 is 1.00 bits per heavy atom. The summed E-state index contributed by atoms with van der Waals surface area (Å²) in [5, 5.41) is 5.68. The predicted molar refractivity (Wildman–Crippen MR) is 106 cm³/mol. The molecule has 150 valence electrons. The van der Waals surface area contributed by atoms with Crippen molar-refractivity contribution in [2.75, 3.05) is 30.9 Å². The van der Waals surface area contributed by atoms with Gasteiger partial charge in [0.25, 0.3) is 5.91 Å². The average molecular weight is 399 g/mol. The van der Waals surface area contributed by atoms with Crippen LogP contribution in [0.1, 0.15) is 10.4 Å². The third kappa shape index (κ3) is 5.65. The van der Waals surface area contributed by atoms with Crippen molar-refractivity contribution < 1.29 is 23.0 Å². The number of carbonyl (C=O) groups is 1. The highest BCUT2D eigenvalue weighted by atomic mass is 19.2. The summed E-state index contributed by atoms with van der Waals surface area (Å²) in [6.07, 6.45) is 1.46. The van der Waals surface area contributed by atoms with Crippen LogP contribution in [0.2, 0.25) is 0 Å². The van der Waals surface area contributed by atoms with Gasteiger partial charge in [-0.1, -0.05) is 0 Å². The van der Waals surface area contributed by atoms with Gasteiger partial charge in [0, 0.05) is 5.56 Å². The van der Waals surface area contributed by atoms with Gasteiger partial charge in [-0.25, -0.2) is 13.8 Å². The van der Waals surface area contributed by atoms with Gasteiger partial charge in [0.15, 0.2) is 11.6 Å².